The number of hydrogen-bond donors (Lipinski definition) is 1. The molecule has 0 aliphatic carbocycles. The fraction of sp³-hybridized carbons (Fsp3) is 0.312. The maximum Gasteiger partial charge on any atom is 0.123 e. The fourth-order valence-electron chi connectivity index (χ4n) is 1.88. The van der Waals surface area contributed by atoms with E-state index >= 15 is 0 Å². The summed E-state index contributed by atoms with van der Waals surface area (Å²) in [6.45, 7) is 4.43. The number of pyridine rings is 1. The van der Waals surface area contributed by atoms with Crippen LogP contribution >= 0.6 is 15.9 Å². The molecular formula is C16H19BrN2O. The van der Waals surface area contributed by atoms with Crippen LogP contribution in [0.3, 0.4) is 0 Å². The van der Waals surface area contributed by atoms with Crippen LogP contribution in [0.4, 0.5) is 0 Å². The summed E-state index contributed by atoms with van der Waals surface area (Å²) in [5, 5.41) is 3.42. The van der Waals surface area contributed by atoms with Gasteiger partial charge in [-0.2, -0.15) is 0 Å². The lowest BCUT2D eigenvalue weighted by Crippen LogP contribution is -2.14. The molecule has 106 valence electrons. The van der Waals surface area contributed by atoms with Gasteiger partial charge in [0.25, 0.3) is 0 Å². The van der Waals surface area contributed by atoms with Crippen LogP contribution in [0.25, 0.3) is 0 Å². The van der Waals surface area contributed by atoms with E-state index in [0.29, 0.717) is 0 Å². The number of ether oxygens (including phenoxy) is 1. The van der Waals surface area contributed by atoms with Gasteiger partial charge in [-0.3, -0.25) is 4.98 Å². The molecule has 0 amide bonds. The van der Waals surface area contributed by atoms with Gasteiger partial charge in [-0.25, -0.2) is 0 Å². The van der Waals surface area contributed by atoms with Crippen molar-refractivity contribution in [2.45, 2.75) is 26.4 Å². The molecule has 0 spiro atoms. The molecule has 0 unspecified atom stereocenters. The first-order valence-electron chi connectivity index (χ1n) is 6.80. The summed E-state index contributed by atoms with van der Waals surface area (Å²) in [6, 6.07) is 10.1. The molecule has 0 radical (unpaired) electrons. The standard InChI is InChI=1S/C16H19BrN2O/c1-2-8-20-16-6-5-15(17)9-14(16)12-19-11-13-4-3-7-18-10-13/h3-7,9-10,19H,2,8,11-12H2,1H3. The molecule has 20 heavy (non-hydrogen) atoms. The highest BCUT2D eigenvalue weighted by Gasteiger charge is 2.04. The van der Waals surface area contributed by atoms with Gasteiger partial charge >= 0.3 is 0 Å². The third kappa shape index (κ3) is 4.62. The van der Waals surface area contributed by atoms with Crippen LogP contribution < -0.4 is 10.1 Å². The molecule has 0 aliphatic rings. The second kappa shape index (κ2) is 8.02. The highest BCUT2D eigenvalue weighted by atomic mass is 79.9. The van der Waals surface area contributed by atoms with E-state index in [9.17, 15) is 0 Å². The second-order valence-electron chi connectivity index (χ2n) is 4.57. The summed E-state index contributed by atoms with van der Waals surface area (Å²) in [7, 11) is 0. The predicted molar refractivity (Wildman–Crippen MR) is 84.7 cm³/mol. The van der Waals surface area contributed by atoms with Crippen molar-refractivity contribution in [3.05, 3.63) is 58.3 Å². The number of aromatic nitrogens is 1. The fourth-order valence-corrected chi connectivity index (χ4v) is 2.29. The average molecular weight is 335 g/mol. The Morgan fingerprint density at radius 3 is 2.90 bits per heavy atom. The summed E-state index contributed by atoms with van der Waals surface area (Å²) < 4.78 is 6.84. The lowest BCUT2D eigenvalue weighted by Gasteiger charge is -2.12. The van der Waals surface area contributed by atoms with E-state index in [1.54, 1.807) is 6.20 Å². The summed E-state index contributed by atoms with van der Waals surface area (Å²) in [5.41, 5.74) is 2.34. The minimum atomic E-state index is 0.747. The molecule has 0 saturated heterocycles. The molecule has 1 N–H and O–H groups in total. The van der Waals surface area contributed by atoms with Crippen molar-refractivity contribution in [3.8, 4) is 5.75 Å². The number of rotatable bonds is 7. The highest BCUT2D eigenvalue weighted by molar-refractivity contribution is 9.10. The second-order valence-corrected chi connectivity index (χ2v) is 5.48. The number of halogens is 1. The van der Waals surface area contributed by atoms with Crippen molar-refractivity contribution in [3.63, 3.8) is 0 Å². The van der Waals surface area contributed by atoms with Gasteiger partial charge in [0.15, 0.2) is 0 Å². The Morgan fingerprint density at radius 2 is 2.15 bits per heavy atom. The van der Waals surface area contributed by atoms with Crippen LogP contribution in [0.1, 0.15) is 24.5 Å². The summed E-state index contributed by atoms with van der Waals surface area (Å²) in [5.74, 6) is 0.953. The zero-order valence-corrected chi connectivity index (χ0v) is 13.2. The molecule has 0 fully saturated rings. The van der Waals surface area contributed by atoms with E-state index in [1.807, 2.05) is 24.4 Å². The third-order valence-corrected chi connectivity index (χ3v) is 3.34. The van der Waals surface area contributed by atoms with E-state index in [0.717, 1.165) is 41.9 Å². The monoisotopic (exact) mass is 334 g/mol. The zero-order chi connectivity index (χ0) is 14.2. The largest absolute Gasteiger partial charge is 0.493 e. The molecule has 1 aromatic heterocycles. The number of nitrogens with zero attached hydrogens (tertiary/aromatic N) is 1. The molecule has 0 saturated carbocycles. The first-order chi connectivity index (χ1) is 9.79. The lowest BCUT2D eigenvalue weighted by molar-refractivity contribution is 0.313. The van der Waals surface area contributed by atoms with Crippen LogP contribution in [-0.2, 0) is 13.1 Å². The van der Waals surface area contributed by atoms with E-state index < -0.39 is 0 Å². The van der Waals surface area contributed by atoms with Crippen LogP contribution in [-0.4, -0.2) is 11.6 Å². The molecule has 4 heteroatoms. The number of benzene rings is 1. The van der Waals surface area contributed by atoms with Crippen LogP contribution in [0.15, 0.2) is 47.2 Å². The van der Waals surface area contributed by atoms with E-state index in [4.69, 9.17) is 4.74 Å². The minimum Gasteiger partial charge on any atom is -0.493 e. The lowest BCUT2D eigenvalue weighted by atomic mass is 10.2. The predicted octanol–water partition coefficient (Wildman–Crippen LogP) is 3.92. The zero-order valence-electron chi connectivity index (χ0n) is 11.6. The van der Waals surface area contributed by atoms with E-state index in [1.165, 1.54) is 5.56 Å². The Bertz CT molecular complexity index is 531. The van der Waals surface area contributed by atoms with Crippen LogP contribution in [0, 0.1) is 0 Å². The van der Waals surface area contributed by atoms with Gasteiger partial charge in [-0.15, -0.1) is 0 Å². The average Bonchev–Trinajstić information content (AvgIpc) is 2.47. The molecule has 2 aromatic rings. The van der Waals surface area contributed by atoms with Gasteiger partial charge in [0.1, 0.15) is 5.75 Å². The maximum atomic E-state index is 5.77. The maximum absolute atomic E-state index is 5.77. The number of hydrogen-bond acceptors (Lipinski definition) is 3. The van der Waals surface area contributed by atoms with Crippen molar-refractivity contribution in [1.29, 1.82) is 0 Å². The van der Waals surface area contributed by atoms with Gasteiger partial charge in [-0.1, -0.05) is 28.9 Å². The van der Waals surface area contributed by atoms with Gasteiger partial charge in [-0.05, 0) is 36.2 Å². The van der Waals surface area contributed by atoms with Crippen LogP contribution in [0.5, 0.6) is 5.75 Å². The van der Waals surface area contributed by atoms with Crippen molar-refractivity contribution in [2.24, 2.45) is 0 Å². The normalized spacial score (nSPS) is 10.5. The SMILES string of the molecule is CCCOc1ccc(Br)cc1CNCc1cccnc1. The van der Waals surface area contributed by atoms with Crippen molar-refractivity contribution >= 4 is 15.9 Å². The van der Waals surface area contributed by atoms with Gasteiger partial charge < -0.3 is 10.1 Å². The summed E-state index contributed by atoms with van der Waals surface area (Å²) in [4.78, 5) is 4.11. The first kappa shape index (κ1) is 15.0. The Hall–Kier alpha value is -1.39. The van der Waals surface area contributed by atoms with Gasteiger partial charge in [0.2, 0.25) is 0 Å². The molecule has 0 aliphatic heterocycles. The quantitative estimate of drug-likeness (QED) is 0.833. The van der Waals surface area contributed by atoms with E-state index in [-0.39, 0.29) is 0 Å². The third-order valence-electron chi connectivity index (χ3n) is 2.85. The van der Waals surface area contributed by atoms with Gasteiger partial charge in [0, 0.05) is 35.5 Å². The minimum absolute atomic E-state index is 0.747. The molecule has 0 bridgehead atoms. The first-order valence-corrected chi connectivity index (χ1v) is 7.59. The summed E-state index contributed by atoms with van der Waals surface area (Å²) in [6.07, 6.45) is 4.68. The molecule has 0 atom stereocenters. The van der Waals surface area contributed by atoms with Crippen molar-refractivity contribution in [1.82, 2.24) is 10.3 Å². The van der Waals surface area contributed by atoms with Gasteiger partial charge in [0.05, 0.1) is 6.61 Å². The topological polar surface area (TPSA) is 34.1 Å². The number of nitrogens with one attached hydrogen (secondary N) is 1. The summed E-state index contributed by atoms with van der Waals surface area (Å²) >= 11 is 3.51. The Balaban J connectivity index is 1.95. The molecule has 2 rings (SSSR count). The molecule has 1 heterocycles. The van der Waals surface area contributed by atoms with Crippen LogP contribution in [0.2, 0.25) is 0 Å². The van der Waals surface area contributed by atoms with Crippen molar-refractivity contribution < 1.29 is 4.74 Å². The molecule has 3 nitrogen and oxygen atoms in total. The Labute approximate surface area is 128 Å². The van der Waals surface area contributed by atoms with E-state index in [2.05, 4.69) is 45.3 Å². The molecule has 1 aromatic carbocycles. The Kier molecular flexibility index (Phi) is 6.02. The smallest absolute Gasteiger partial charge is 0.123 e. The van der Waals surface area contributed by atoms with Crippen molar-refractivity contribution in [2.75, 3.05) is 6.61 Å². The molecular weight excluding hydrogens is 316 g/mol. The Morgan fingerprint density at radius 1 is 1.25 bits per heavy atom. The highest BCUT2D eigenvalue weighted by Crippen LogP contribution is 2.23.